The third kappa shape index (κ3) is 2.97. The maximum absolute atomic E-state index is 13.2. The molecular formula is C22H16FN5O. The van der Waals surface area contributed by atoms with Crippen LogP contribution in [0, 0.1) is 12.7 Å². The van der Waals surface area contributed by atoms with Crippen molar-refractivity contribution in [2.45, 2.75) is 13.5 Å². The van der Waals surface area contributed by atoms with Gasteiger partial charge in [-0.3, -0.25) is 4.79 Å². The number of hydrogen-bond donors (Lipinski definition) is 0. The van der Waals surface area contributed by atoms with Crippen LogP contribution < -0.4 is 5.56 Å². The van der Waals surface area contributed by atoms with Crippen LogP contribution in [0.2, 0.25) is 0 Å². The smallest absolute Gasteiger partial charge is 0.280 e. The molecule has 0 radical (unpaired) electrons. The SMILES string of the molecule is Cc1ccc(Cn2ccc3c(nnc4c(-c5ccc(F)cc5)cnn43)c2=O)cc1. The Morgan fingerprint density at radius 3 is 2.48 bits per heavy atom. The van der Waals surface area contributed by atoms with Gasteiger partial charge in [0.2, 0.25) is 0 Å². The lowest BCUT2D eigenvalue weighted by atomic mass is 10.1. The molecule has 0 amide bonds. The number of benzene rings is 2. The molecule has 3 heterocycles. The van der Waals surface area contributed by atoms with Crippen molar-refractivity contribution in [3.8, 4) is 11.1 Å². The second-order valence-corrected chi connectivity index (χ2v) is 6.97. The van der Waals surface area contributed by atoms with Crippen molar-refractivity contribution in [3.63, 3.8) is 0 Å². The number of rotatable bonds is 3. The Kier molecular flexibility index (Phi) is 3.94. The summed E-state index contributed by atoms with van der Waals surface area (Å²) < 4.78 is 16.4. The highest BCUT2D eigenvalue weighted by molar-refractivity contribution is 5.82. The number of halogens is 1. The Labute approximate surface area is 164 Å². The van der Waals surface area contributed by atoms with Gasteiger partial charge in [-0.25, -0.2) is 8.91 Å². The minimum Gasteiger partial charge on any atom is -0.309 e. The predicted octanol–water partition coefficient (Wildman–Crippen LogP) is 3.60. The van der Waals surface area contributed by atoms with E-state index in [0.717, 1.165) is 16.7 Å². The Balaban J connectivity index is 1.61. The van der Waals surface area contributed by atoms with E-state index in [-0.39, 0.29) is 16.9 Å². The van der Waals surface area contributed by atoms with Gasteiger partial charge in [0.05, 0.1) is 12.7 Å². The first-order valence-electron chi connectivity index (χ1n) is 9.15. The van der Waals surface area contributed by atoms with Gasteiger partial charge in [-0.05, 0) is 36.2 Å². The van der Waals surface area contributed by atoms with Gasteiger partial charge < -0.3 is 4.57 Å². The molecule has 0 atom stereocenters. The second kappa shape index (κ2) is 6.63. The lowest BCUT2D eigenvalue weighted by Gasteiger charge is -2.08. The molecule has 2 aromatic carbocycles. The quantitative estimate of drug-likeness (QED) is 0.476. The highest BCUT2D eigenvalue weighted by atomic mass is 19.1. The predicted molar refractivity (Wildman–Crippen MR) is 108 cm³/mol. The average Bonchev–Trinajstić information content (AvgIpc) is 3.17. The molecule has 0 fully saturated rings. The molecule has 0 saturated carbocycles. The summed E-state index contributed by atoms with van der Waals surface area (Å²) in [6, 6.07) is 16.0. The molecule has 0 saturated heterocycles. The van der Waals surface area contributed by atoms with Crippen LogP contribution in [-0.2, 0) is 6.54 Å². The highest BCUT2D eigenvalue weighted by Crippen LogP contribution is 2.24. The van der Waals surface area contributed by atoms with Gasteiger partial charge in [0.25, 0.3) is 5.56 Å². The standard InChI is InChI=1S/C22H16FN5O/c1-14-2-4-15(5-3-14)13-27-11-10-19-20(22(27)29)25-26-21-18(12-24-28(19)21)16-6-8-17(23)9-7-16/h2-12H,13H2,1H3. The van der Waals surface area contributed by atoms with Crippen molar-refractivity contribution in [2.75, 3.05) is 0 Å². The van der Waals surface area contributed by atoms with Gasteiger partial charge in [0, 0.05) is 11.8 Å². The van der Waals surface area contributed by atoms with E-state index >= 15 is 0 Å². The maximum atomic E-state index is 13.2. The number of hydrogen-bond acceptors (Lipinski definition) is 4. The van der Waals surface area contributed by atoms with E-state index in [1.54, 1.807) is 33.6 Å². The lowest BCUT2D eigenvalue weighted by molar-refractivity contribution is 0.628. The van der Waals surface area contributed by atoms with Crippen LogP contribution in [-0.4, -0.2) is 24.4 Å². The number of aryl methyl sites for hydroxylation is 1. The molecule has 0 unspecified atom stereocenters. The molecule has 3 aromatic heterocycles. The van der Waals surface area contributed by atoms with Crippen molar-refractivity contribution in [1.82, 2.24) is 24.4 Å². The van der Waals surface area contributed by atoms with Gasteiger partial charge in [0.1, 0.15) is 11.3 Å². The third-order valence-corrected chi connectivity index (χ3v) is 4.96. The number of nitrogens with zero attached hydrogens (tertiary/aromatic N) is 5. The Hall–Kier alpha value is -3.87. The normalized spacial score (nSPS) is 11.4. The van der Waals surface area contributed by atoms with E-state index in [1.807, 2.05) is 37.3 Å². The van der Waals surface area contributed by atoms with E-state index in [4.69, 9.17) is 0 Å². The Morgan fingerprint density at radius 1 is 0.966 bits per heavy atom. The number of pyridine rings is 1. The summed E-state index contributed by atoms with van der Waals surface area (Å²) >= 11 is 0. The van der Waals surface area contributed by atoms with Crippen LogP contribution >= 0.6 is 0 Å². The van der Waals surface area contributed by atoms with Crippen molar-refractivity contribution in [3.05, 3.63) is 94.3 Å². The van der Waals surface area contributed by atoms with Gasteiger partial charge in [-0.2, -0.15) is 5.10 Å². The molecule has 142 valence electrons. The first-order chi connectivity index (χ1) is 14.1. The van der Waals surface area contributed by atoms with Gasteiger partial charge in [-0.15, -0.1) is 10.2 Å². The zero-order valence-electron chi connectivity index (χ0n) is 15.6. The topological polar surface area (TPSA) is 65.1 Å². The summed E-state index contributed by atoms with van der Waals surface area (Å²) in [6.07, 6.45) is 3.39. The summed E-state index contributed by atoms with van der Waals surface area (Å²) in [5, 5.41) is 12.8. The average molecular weight is 385 g/mol. The van der Waals surface area contributed by atoms with Crippen LogP contribution in [0.1, 0.15) is 11.1 Å². The summed E-state index contributed by atoms with van der Waals surface area (Å²) in [4.78, 5) is 12.9. The van der Waals surface area contributed by atoms with Crippen LogP contribution in [0.4, 0.5) is 4.39 Å². The van der Waals surface area contributed by atoms with E-state index in [0.29, 0.717) is 17.7 Å². The van der Waals surface area contributed by atoms with Crippen molar-refractivity contribution in [1.29, 1.82) is 0 Å². The van der Waals surface area contributed by atoms with Crippen LogP contribution in [0.5, 0.6) is 0 Å². The first kappa shape index (κ1) is 17.2. The zero-order valence-corrected chi connectivity index (χ0v) is 15.6. The summed E-state index contributed by atoms with van der Waals surface area (Å²) in [5.74, 6) is -0.309. The molecule has 29 heavy (non-hydrogen) atoms. The second-order valence-electron chi connectivity index (χ2n) is 6.97. The first-order valence-corrected chi connectivity index (χ1v) is 9.15. The number of fused-ring (bicyclic) bond motifs is 3. The third-order valence-electron chi connectivity index (χ3n) is 4.96. The van der Waals surface area contributed by atoms with E-state index in [1.165, 1.54) is 17.7 Å². The highest BCUT2D eigenvalue weighted by Gasteiger charge is 2.14. The fraction of sp³-hybridized carbons (Fsp3) is 0.0909. The minimum absolute atomic E-state index is 0.226. The molecule has 0 aliphatic rings. The summed E-state index contributed by atoms with van der Waals surface area (Å²) in [5.41, 5.74) is 4.82. The molecule has 0 bridgehead atoms. The Bertz CT molecular complexity index is 1400. The molecule has 0 aliphatic carbocycles. The molecule has 0 N–H and O–H groups in total. The molecule has 6 nitrogen and oxygen atoms in total. The van der Waals surface area contributed by atoms with Crippen LogP contribution in [0.3, 0.4) is 0 Å². The van der Waals surface area contributed by atoms with Crippen molar-refractivity contribution >= 4 is 16.7 Å². The monoisotopic (exact) mass is 385 g/mol. The summed E-state index contributed by atoms with van der Waals surface area (Å²) in [7, 11) is 0. The Morgan fingerprint density at radius 2 is 1.72 bits per heavy atom. The van der Waals surface area contributed by atoms with Crippen LogP contribution in [0.15, 0.2) is 71.8 Å². The van der Waals surface area contributed by atoms with Gasteiger partial charge >= 0.3 is 0 Å². The molecule has 0 spiro atoms. The fourth-order valence-corrected chi connectivity index (χ4v) is 3.38. The van der Waals surface area contributed by atoms with E-state index < -0.39 is 0 Å². The number of aromatic nitrogens is 5. The van der Waals surface area contributed by atoms with Crippen molar-refractivity contribution < 1.29 is 4.39 Å². The molecule has 5 aromatic rings. The zero-order chi connectivity index (χ0) is 20.0. The van der Waals surface area contributed by atoms with E-state index in [2.05, 4.69) is 15.3 Å². The van der Waals surface area contributed by atoms with Crippen molar-refractivity contribution in [2.24, 2.45) is 0 Å². The van der Waals surface area contributed by atoms with E-state index in [9.17, 15) is 9.18 Å². The lowest BCUT2D eigenvalue weighted by Crippen LogP contribution is -2.22. The fourth-order valence-electron chi connectivity index (χ4n) is 3.38. The van der Waals surface area contributed by atoms with Gasteiger partial charge in [-0.1, -0.05) is 42.0 Å². The van der Waals surface area contributed by atoms with Crippen LogP contribution in [0.25, 0.3) is 27.8 Å². The van der Waals surface area contributed by atoms with Gasteiger partial charge in [0.15, 0.2) is 11.2 Å². The molecular weight excluding hydrogens is 369 g/mol. The molecule has 5 rings (SSSR count). The largest absolute Gasteiger partial charge is 0.309 e. The minimum atomic E-state index is -0.309. The maximum Gasteiger partial charge on any atom is 0.280 e. The summed E-state index contributed by atoms with van der Waals surface area (Å²) in [6.45, 7) is 2.48. The molecule has 7 heteroatoms. The molecule has 0 aliphatic heterocycles.